The van der Waals surface area contributed by atoms with Gasteiger partial charge in [-0.15, -0.1) is 6.58 Å². The smallest absolute Gasteiger partial charge is 0.187 e. The van der Waals surface area contributed by atoms with Crippen LogP contribution in [0.15, 0.2) is 24.3 Å². The van der Waals surface area contributed by atoms with E-state index < -0.39 is 42.9 Å². The molecule has 0 spiro atoms. The quantitative estimate of drug-likeness (QED) is 0.510. The molecule has 4 N–H and O–H groups in total. The highest BCUT2D eigenvalue weighted by Crippen LogP contribution is 2.29. The van der Waals surface area contributed by atoms with Crippen molar-refractivity contribution in [3.8, 4) is 0 Å². The van der Waals surface area contributed by atoms with Gasteiger partial charge < -0.3 is 29.9 Å². The van der Waals surface area contributed by atoms with E-state index in [0.717, 1.165) is 6.42 Å². The third-order valence-corrected chi connectivity index (χ3v) is 3.86. The fourth-order valence-corrected chi connectivity index (χ4v) is 2.29. The monoisotopic (exact) mass is 316 g/mol. The first-order chi connectivity index (χ1) is 10.2. The van der Waals surface area contributed by atoms with E-state index in [9.17, 15) is 20.4 Å². The maximum Gasteiger partial charge on any atom is 0.187 e. The normalized spacial score (nSPS) is 34.8. The van der Waals surface area contributed by atoms with Gasteiger partial charge >= 0.3 is 0 Å². The Labute approximate surface area is 131 Å². The number of ether oxygens (including phenoxy) is 2. The van der Waals surface area contributed by atoms with Gasteiger partial charge in [0.2, 0.25) is 0 Å². The molecule has 128 valence electrons. The minimum absolute atomic E-state index is 0.479. The van der Waals surface area contributed by atoms with Crippen molar-refractivity contribution in [2.75, 3.05) is 6.61 Å². The lowest BCUT2D eigenvalue weighted by Gasteiger charge is -2.42. The van der Waals surface area contributed by atoms with Crippen LogP contribution in [0.1, 0.15) is 33.6 Å². The zero-order valence-corrected chi connectivity index (χ0v) is 13.5. The Morgan fingerprint density at radius 2 is 1.86 bits per heavy atom. The second-order valence-electron chi connectivity index (χ2n) is 6.15. The van der Waals surface area contributed by atoms with Gasteiger partial charge in [0, 0.05) is 0 Å². The number of rotatable bonds is 7. The van der Waals surface area contributed by atoms with E-state index in [-0.39, 0.29) is 0 Å². The van der Waals surface area contributed by atoms with Gasteiger partial charge in [-0.25, -0.2) is 0 Å². The molecule has 6 heteroatoms. The van der Waals surface area contributed by atoms with Gasteiger partial charge in [0.25, 0.3) is 0 Å². The van der Waals surface area contributed by atoms with Crippen LogP contribution in [0.5, 0.6) is 0 Å². The molecule has 0 aromatic rings. The lowest BCUT2D eigenvalue weighted by atomic mass is 9.96. The molecule has 0 saturated carbocycles. The maximum atomic E-state index is 10.0. The Balaban J connectivity index is 2.75. The van der Waals surface area contributed by atoms with E-state index in [1.165, 1.54) is 5.57 Å². The predicted molar refractivity (Wildman–Crippen MR) is 82.1 cm³/mol. The van der Waals surface area contributed by atoms with Crippen molar-refractivity contribution in [3.63, 3.8) is 0 Å². The molecule has 22 heavy (non-hydrogen) atoms. The summed E-state index contributed by atoms with van der Waals surface area (Å²) in [6.45, 7) is 9.08. The highest BCUT2D eigenvalue weighted by atomic mass is 16.7. The van der Waals surface area contributed by atoms with Gasteiger partial charge in [-0.2, -0.15) is 0 Å². The standard InChI is InChI=1S/C16H28O6/c1-5-16(4,8-6-7-10(2)3)22-15-14(20)13(19)12(18)11(9-17)21-15/h5,7,11-15,17-20H,1,6,8-9H2,2-4H3/t11-,12-,13+,14-,15+,16-/m1/s1. The minimum atomic E-state index is -1.44. The highest BCUT2D eigenvalue weighted by molar-refractivity contribution is 5.00. The van der Waals surface area contributed by atoms with Gasteiger partial charge in [-0.1, -0.05) is 17.7 Å². The van der Waals surface area contributed by atoms with Crippen LogP contribution in [0.3, 0.4) is 0 Å². The minimum Gasteiger partial charge on any atom is -0.394 e. The summed E-state index contributed by atoms with van der Waals surface area (Å²) >= 11 is 0. The first-order valence-corrected chi connectivity index (χ1v) is 7.49. The van der Waals surface area contributed by atoms with Gasteiger partial charge in [-0.05, 0) is 33.6 Å². The van der Waals surface area contributed by atoms with Crippen LogP contribution < -0.4 is 0 Å². The van der Waals surface area contributed by atoms with E-state index >= 15 is 0 Å². The topological polar surface area (TPSA) is 99.4 Å². The van der Waals surface area contributed by atoms with Crippen LogP contribution in [0.25, 0.3) is 0 Å². The summed E-state index contributed by atoms with van der Waals surface area (Å²) in [6, 6.07) is 0. The molecule has 6 nitrogen and oxygen atoms in total. The average molecular weight is 316 g/mol. The van der Waals surface area contributed by atoms with Gasteiger partial charge in [0.15, 0.2) is 6.29 Å². The molecule has 1 aliphatic rings. The van der Waals surface area contributed by atoms with Crippen molar-refractivity contribution in [3.05, 3.63) is 24.3 Å². The summed E-state index contributed by atoms with van der Waals surface area (Å²) < 4.78 is 11.1. The molecule has 0 radical (unpaired) electrons. The Kier molecular flexibility index (Phi) is 7.18. The number of aliphatic hydroxyl groups is 4. The third kappa shape index (κ3) is 4.87. The molecule has 1 rings (SSSR count). The van der Waals surface area contributed by atoms with E-state index in [1.54, 1.807) is 13.0 Å². The van der Waals surface area contributed by atoms with Gasteiger partial charge in [0.05, 0.1) is 12.2 Å². The number of allylic oxidation sites excluding steroid dienone is 2. The molecule has 1 fully saturated rings. The molecular formula is C16H28O6. The van der Waals surface area contributed by atoms with E-state index in [4.69, 9.17) is 9.47 Å². The van der Waals surface area contributed by atoms with E-state index in [0.29, 0.717) is 6.42 Å². The van der Waals surface area contributed by atoms with Crippen molar-refractivity contribution in [1.29, 1.82) is 0 Å². The highest BCUT2D eigenvalue weighted by Gasteiger charge is 2.45. The molecule has 0 unspecified atom stereocenters. The molecule has 6 atom stereocenters. The van der Waals surface area contributed by atoms with Crippen molar-refractivity contribution in [2.45, 2.75) is 69.9 Å². The summed E-state index contributed by atoms with van der Waals surface area (Å²) in [7, 11) is 0. The summed E-state index contributed by atoms with van der Waals surface area (Å²) in [5.41, 5.74) is 0.429. The van der Waals surface area contributed by atoms with Crippen molar-refractivity contribution < 1.29 is 29.9 Å². The summed E-state index contributed by atoms with van der Waals surface area (Å²) in [4.78, 5) is 0. The molecule has 0 aromatic carbocycles. The molecule has 0 aliphatic carbocycles. The Hall–Kier alpha value is -0.760. The second-order valence-corrected chi connectivity index (χ2v) is 6.15. The largest absolute Gasteiger partial charge is 0.394 e. The van der Waals surface area contributed by atoms with Crippen LogP contribution >= 0.6 is 0 Å². The van der Waals surface area contributed by atoms with Crippen LogP contribution in [0, 0.1) is 0 Å². The van der Waals surface area contributed by atoms with E-state index in [1.807, 2.05) is 13.8 Å². The van der Waals surface area contributed by atoms with Crippen LogP contribution in [0.2, 0.25) is 0 Å². The summed E-state index contributed by atoms with van der Waals surface area (Å²) in [6.07, 6.45) is -1.28. The van der Waals surface area contributed by atoms with Crippen LogP contribution in [-0.2, 0) is 9.47 Å². The molecule has 1 saturated heterocycles. The zero-order chi connectivity index (χ0) is 16.9. The van der Waals surface area contributed by atoms with Crippen molar-refractivity contribution >= 4 is 0 Å². The molecule has 1 heterocycles. The number of hydrogen-bond acceptors (Lipinski definition) is 6. The maximum absolute atomic E-state index is 10.0. The summed E-state index contributed by atoms with van der Waals surface area (Å²) in [5.74, 6) is 0. The lowest BCUT2D eigenvalue weighted by molar-refractivity contribution is -0.319. The SMILES string of the molecule is C=C[C@](C)(CCC=C(C)C)O[C@@H]1O[C@H](CO)[C@@H](O)[C@H](O)[C@H]1O. The molecule has 0 amide bonds. The molecular weight excluding hydrogens is 288 g/mol. The third-order valence-electron chi connectivity index (χ3n) is 3.86. The van der Waals surface area contributed by atoms with E-state index in [2.05, 4.69) is 12.7 Å². The van der Waals surface area contributed by atoms with Crippen LogP contribution in [0.4, 0.5) is 0 Å². The van der Waals surface area contributed by atoms with Gasteiger partial charge in [-0.3, -0.25) is 0 Å². The first-order valence-electron chi connectivity index (χ1n) is 7.49. The lowest BCUT2D eigenvalue weighted by Crippen LogP contribution is -2.60. The summed E-state index contributed by atoms with van der Waals surface area (Å²) in [5, 5.41) is 38.7. The number of hydrogen-bond donors (Lipinski definition) is 4. The van der Waals surface area contributed by atoms with Gasteiger partial charge in [0.1, 0.15) is 24.4 Å². The molecule has 1 aliphatic heterocycles. The fourth-order valence-electron chi connectivity index (χ4n) is 2.29. The number of aliphatic hydroxyl groups excluding tert-OH is 4. The first kappa shape index (κ1) is 19.3. The fraction of sp³-hybridized carbons (Fsp3) is 0.750. The van der Waals surface area contributed by atoms with Crippen molar-refractivity contribution in [1.82, 2.24) is 0 Å². The Morgan fingerprint density at radius 3 is 2.36 bits per heavy atom. The zero-order valence-electron chi connectivity index (χ0n) is 13.5. The second kappa shape index (κ2) is 8.19. The molecule has 0 bridgehead atoms. The Morgan fingerprint density at radius 1 is 1.23 bits per heavy atom. The predicted octanol–water partition coefficient (Wildman–Crippen LogP) is 0.494. The van der Waals surface area contributed by atoms with Crippen LogP contribution in [-0.4, -0.2) is 63.3 Å². The Bertz CT molecular complexity index is 390. The average Bonchev–Trinajstić information content (AvgIpc) is 2.47. The molecule has 0 aromatic heterocycles. The van der Waals surface area contributed by atoms with Crippen molar-refractivity contribution in [2.24, 2.45) is 0 Å².